The van der Waals surface area contributed by atoms with E-state index < -0.39 is 4.92 Å². The van der Waals surface area contributed by atoms with Gasteiger partial charge in [-0.3, -0.25) is 14.9 Å². The average molecular weight is 450 g/mol. The van der Waals surface area contributed by atoms with Crippen LogP contribution in [0.5, 0.6) is 0 Å². The van der Waals surface area contributed by atoms with E-state index >= 15 is 0 Å². The van der Waals surface area contributed by atoms with E-state index in [0.29, 0.717) is 22.1 Å². The molecule has 148 valence electrons. The summed E-state index contributed by atoms with van der Waals surface area (Å²) in [5.74, 6) is 0.739. The van der Waals surface area contributed by atoms with Gasteiger partial charge in [-0.1, -0.05) is 23.2 Å². The Bertz CT molecular complexity index is 1070. The highest BCUT2D eigenvalue weighted by Crippen LogP contribution is 2.32. The van der Waals surface area contributed by atoms with E-state index in [0.717, 1.165) is 4.90 Å². The minimum atomic E-state index is -0.524. The molecule has 0 fully saturated rings. The monoisotopic (exact) mass is 449 g/mol. The van der Waals surface area contributed by atoms with Crippen LogP contribution >= 0.6 is 35.0 Å². The first-order chi connectivity index (χ1) is 13.9. The van der Waals surface area contributed by atoms with Gasteiger partial charge in [0.25, 0.3) is 5.69 Å². The number of hydrogen-bond acceptors (Lipinski definition) is 6. The molecule has 0 saturated carbocycles. The van der Waals surface area contributed by atoms with Gasteiger partial charge in [-0.05, 0) is 42.5 Å². The van der Waals surface area contributed by atoms with Crippen molar-refractivity contribution in [1.82, 2.24) is 5.43 Å². The topological polar surface area (TPSA) is 97.7 Å². The zero-order valence-corrected chi connectivity index (χ0v) is 17.0. The summed E-state index contributed by atoms with van der Waals surface area (Å²) in [7, 11) is 0. The number of furan rings is 1. The molecule has 3 aromatic rings. The van der Waals surface area contributed by atoms with E-state index in [1.807, 2.05) is 12.1 Å². The molecule has 2 aromatic carbocycles. The minimum Gasteiger partial charge on any atom is -0.455 e. The van der Waals surface area contributed by atoms with Crippen molar-refractivity contribution in [2.45, 2.75) is 4.90 Å². The van der Waals surface area contributed by atoms with Crippen LogP contribution in [0.2, 0.25) is 10.0 Å². The normalized spacial score (nSPS) is 11.0. The Hall–Kier alpha value is -2.81. The third-order valence-electron chi connectivity index (χ3n) is 3.62. The van der Waals surface area contributed by atoms with Gasteiger partial charge < -0.3 is 4.42 Å². The van der Waals surface area contributed by atoms with Gasteiger partial charge in [-0.15, -0.1) is 11.8 Å². The summed E-state index contributed by atoms with van der Waals surface area (Å²) in [4.78, 5) is 23.0. The summed E-state index contributed by atoms with van der Waals surface area (Å²) < 4.78 is 5.60. The first-order valence-corrected chi connectivity index (χ1v) is 9.91. The summed E-state index contributed by atoms with van der Waals surface area (Å²) in [5, 5.41) is 15.5. The Morgan fingerprint density at radius 2 is 1.93 bits per heavy atom. The molecule has 0 aliphatic carbocycles. The van der Waals surface area contributed by atoms with E-state index in [4.69, 9.17) is 27.6 Å². The summed E-state index contributed by atoms with van der Waals surface area (Å²) in [6.45, 7) is 0. The van der Waals surface area contributed by atoms with Gasteiger partial charge in [0.1, 0.15) is 11.5 Å². The molecular weight excluding hydrogens is 437 g/mol. The summed E-state index contributed by atoms with van der Waals surface area (Å²) in [5.41, 5.74) is 2.82. The number of amides is 1. The molecule has 10 heteroatoms. The van der Waals surface area contributed by atoms with Gasteiger partial charge in [-0.2, -0.15) is 5.10 Å². The van der Waals surface area contributed by atoms with Crippen LogP contribution in [0.1, 0.15) is 5.76 Å². The largest absolute Gasteiger partial charge is 0.455 e. The number of carbonyl (C=O) groups excluding carboxylic acids is 1. The fraction of sp³-hybridized carbons (Fsp3) is 0.0526. The Morgan fingerprint density at radius 1 is 1.17 bits per heavy atom. The highest BCUT2D eigenvalue weighted by atomic mass is 35.5. The number of nitro groups is 1. The smallest absolute Gasteiger partial charge is 0.270 e. The van der Waals surface area contributed by atoms with Crippen LogP contribution in [0.25, 0.3) is 11.3 Å². The molecule has 0 aliphatic rings. The second-order valence-corrected chi connectivity index (χ2v) is 7.55. The van der Waals surface area contributed by atoms with Gasteiger partial charge in [0.2, 0.25) is 5.91 Å². The van der Waals surface area contributed by atoms with Gasteiger partial charge >= 0.3 is 0 Å². The molecule has 0 spiro atoms. The highest BCUT2D eigenvalue weighted by Gasteiger charge is 2.13. The lowest BCUT2D eigenvalue weighted by atomic mass is 10.1. The van der Waals surface area contributed by atoms with Gasteiger partial charge in [0, 0.05) is 27.6 Å². The Kier molecular flexibility index (Phi) is 6.92. The Labute approximate surface area is 179 Å². The number of benzene rings is 2. The third-order valence-corrected chi connectivity index (χ3v) is 5.20. The molecule has 0 atom stereocenters. The molecule has 0 radical (unpaired) electrons. The van der Waals surface area contributed by atoms with Gasteiger partial charge in [-0.25, -0.2) is 5.43 Å². The van der Waals surface area contributed by atoms with Gasteiger partial charge in [0.15, 0.2) is 0 Å². The molecule has 1 aromatic heterocycles. The predicted octanol–water partition coefficient (Wildman–Crippen LogP) is 5.40. The second-order valence-electron chi connectivity index (χ2n) is 5.66. The fourth-order valence-electron chi connectivity index (χ4n) is 2.26. The number of non-ortho nitro benzene ring substituents is 1. The molecular formula is C19H13Cl2N3O4S. The van der Waals surface area contributed by atoms with E-state index in [2.05, 4.69) is 10.5 Å². The number of nitrogens with one attached hydrogen (secondary N) is 1. The maximum absolute atomic E-state index is 11.9. The number of nitrogens with zero attached hydrogens (tertiary/aromatic N) is 2. The number of hydrogen-bond donors (Lipinski definition) is 1. The molecule has 0 saturated heterocycles. The molecule has 1 N–H and O–H groups in total. The molecule has 29 heavy (non-hydrogen) atoms. The minimum absolute atomic E-state index is 0.105. The van der Waals surface area contributed by atoms with Crippen molar-refractivity contribution in [3.63, 3.8) is 0 Å². The quantitative estimate of drug-likeness (QED) is 0.225. The van der Waals surface area contributed by atoms with Crippen LogP contribution in [0, 0.1) is 10.1 Å². The van der Waals surface area contributed by atoms with Crippen molar-refractivity contribution in [3.8, 4) is 11.3 Å². The van der Waals surface area contributed by atoms with Crippen LogP contribution in [-0.2, 0) is 4.79 Å². The summed E-state index contributed by atoms with van der Waals surface area (Å²) in [6, 6.07) is 14.6. The lowest BCUT2D eigenvalue weighted by Crippen LogP contribution is -2.19. The van der Waals surface area contributed by atoms with Crippen molar-refractivity contribution >= 4 is 52.8 Å². The van der Waals surface area contributed by atoms with Crippen molar-refractivity contribution in [3.05, 3.63) is 80.5 Å². The van der Waals surface area contributed by atoms with E-state index in [1.165, 1.54) is 36.2 Å². The molecule has 0 aliphatic heterocycles. The molecule has 3 rings (SSSR count). The second kappa shape index (κ2) is 9.60. The number of carbonyl (C=O) groups is 1. The lowest BCUT2D eigenvalue weighted by molar-refractivity contribution is -0.384. The van der Waals surface area contributed by atoms with Crippen molar-refractivity contribution in [2.75, 3.05) is 5.75 Å². The van der Waals surface area contributed by atoms with E-state index in [1.54, 1.807) is 24.3 Å². The van der Waals surface area contributed by atoms with Crippen LogP contribution in [0.3, 0.4) is 0 Å². The van der Waals surface area contributed by atoms with Crippen LogP contribution in [-0.4, -0.2) is 22.8 Å². The first-order valence-electron chi connectivity index (χ1n) is 8.17. The van der Waals surface area contributed by atoms with Crippen LogP contribution < -0.4 is 5.43 Å². The molecule has 0 bridgehead atoms. The number of thioether (sulfide) groups is 1. The molecule has 1 amide bonds. The highest BCUT2D eigenvalue weighted by molar-refractivity contribution is 8.00. The average Bonchev–Trinajstić information content (AvgIpc) is 3.16. The number of halogens is 2. The maximum Gasteiger partial charge on any atom is 0.270 e. The van der Waals surface area contributed by atoms with Crippen LogP contribution in [0.4, 0.5) is 5.69 Å². The van der Waals surface area contributed by atoms with Crippen molar-refractivity contribution in [1.29, 1.82) is 0 Å². The van der Waals surface area contributed by atoms with Crippen molar-refractivity contribution < 1.29 is 14.1 Å². The van der Waals surface area contributed by atoms with Gasteiger partial charge in [0.05, 0.1) is 21.9 Å². The zero-order chi connectivity index (χ0) is 20.8. The number of rotatable bonds is 7. The molecule has 1 heterocycles. The van der Waals surface area contributed by atoms with E-state index in [-0.39, 0.29) is 22.4 Å². The number of hydrazone groups is 1. The third kappa shape index (κ3) is 5.83. The number of nitro benzene ring substituents is 1. The maximum atomic E-state index is 11.9. The van der Waals surface area contributed by atoms with E-state index in [9.17, 15) is 14.9 Å². The Balaban J connectivity index is 1.55. The summed E-state index contributed by atoms with van der Waals surface area (Å²) in [6.07, 6.45) is 1.35. The van der Waals surface area contributed by atoms with Crippen molar-refractivity contribution in [2.24, 2.45) is 5.10 Å². The Morgan fingerprint density at radius 3 is 2.62 bits per heavy atom. The molecule has 7 nitrogen and oxygen atoms in total. The SMILES string of the molecule is O=C(CSc1ccc(Cl)cc1)N/N=C\c1ccc(-c2ccc([N+](=O)[O-])cc2Cl)o1. The first kappa shape index (κ1) is 20.9. The molecule has 0 unspecified atom stereocenters. The summed E-state index contributed by atoms with van der Waals surface area (Å²) >= 11 is 13.3. The van der Waals surface area contributed by atoms with Crippen LogP contribution in [0.15, 0.2) is 69.0 Å². The standard InChI is InChI=1S/C19H13Cl2N3O4S/c20-12-1-5-15(6-2-12)29-11-19(25)23-22-10-14-4-8-18(28-14)16-7-3-13(24(26)27)9-17(16)21/h1-10H,11H2,(H,23,25)/b22-10-. The zero-order valence-electron chi connectivity index (χ0n) is 14.7. The fourth-order valence-corrected chi connectivity index (χ4v) is 3.35. The lowest BCUT2D eigenvalue weighted by Gasteiger charge is -2.01. The predicted molar refractivity (Wildman–Crippen MR) is 114 cm³/mol.